The average molecular weight is 544 g/mol. The van der Waals surface area contributed by atoms with Gasteiger partial charge >= 0.3 is 0 Å². The second-order valence-corrected chi connectivity index (χ2v) is 8.95. The monoisotopic (exact) mass is 544 g/mol. The fourth-order valence-electron chi connectivity index (χ4n) is 3.21. The molecule has 2 N–H and O–H groups in total. The van der Waals surface area contributed by atoms with Crippen molar-refractivity contribution in [3.63, 3.8) is 0 Å². The molecule has 2 rings (SSSR count). The minimum Gasteiger partial charge on any atom is -0.357 e. The van der Waals surface area contributed by atoms with Crippen molar-refractivity contribution in [2.24, 2.45) is 4.99 Å². The van der Waals surface area contributed by atoms with Gasteiger partial charge in [0.25, 0.3) is 0 Å². The number of nitrogens with one attached hydrogen (secondary N) is 2. The molecule has 1 heterocycles. The highest BCUT2D eigenvalue weighted by molar-refractivity contribution is 14.0. The van der Waals surface area contributed by atoms with Gasteiger partial charge in [0.2, 0.25) is 10.0 Å². The van der Waals surface area contributed by atoms with Crippen LogP contribution >= 0.6 is 24.0 Å². The predicted octanol–water partition coefficient (Wildman–Crippen LogP) is 2.88. The molecule has 1 aromatic rings. The number of guanidine groups is 1. The summed E-state index contributed by atoms with van der Waals surface area (Å²) in [5.41, 5.74) is 0.300. The van der Waals surface area contributed by atoms with E-state index >= 15 is 0 Å². The largest absolute Gasteiger partial charge is 0.357 e. The summed E-state index contributed by atoms with van der Waals surface area (Å²) in [7, 11) is -3.15. The van der Waals surface area contributed by atoms with E-state index in [1.54, 1.807) is 10.4 Å². The minimum atomic E-state index is -3.15. The summed E-state index contributed by atoms with van der Waals surface area (Å²) in [5.74, 6) is -0.881. The number of nitrogens with zero attached hydrogens (tertiary/aromatic N) is 2. The third-order valence-corrected chi connectivity index (χ3v) is 6.75. The fourth-order valence-corrected chi connectivity index (χ4v) is 4.75. The first-order valence-electron chi connectivity index (χ1n) is 9.83. The molecule has 1 fully saturated rings. The van der Waals surface area contributed by atoms with E-state index in [1.165, 1.54) is 6.07 Å². The highest BCUT2D eigenvalue weighted by Gasteiger charge is 2.27. The molecule has 1 aliphatic heterocycles. The Labute approximate surface area is 189 Å². The first kappa shape index (κ1) is 26.0. The second-order valence-electron chi connectivity index (χ2n) is 6.86. The Morgan fingerprint density at radius 2 is 1.93 bits per heavy atom. The maximum atomic E-state index is 13.7. The number of halogens is 3. The first-order valence-corrected chi connectivity index (χ1v) is 11.4. The lowest BCUT2D eigenvalue weighted by atomic mass is 10.1. The Balaban J connectivity index is 0.00000420. The van der Waals surface area contributed by atoms with E-state index in [-0.39, 0.29) is 35.8 Å². The van der Waals surface area contributed by atoms with Crippen LogP contribution in [0.2, 0.25) is 0 Å². The molecule has 0 bridgehead atoms. The van der Waals surface area contributed by atoms with Crippen LogP contribution in [0.15, 0.2) is 23.2 Å². The van der Waals surface area contributed by atoms with Crippen molar-refractivity contribution in [3.8, 4) is 0 Å². The first-order chi connectivity index (χ1) is 13.4. The standard InChI is InChI=1S/C19H30F2N4O2S.HI/c1-3-14-28(26,27)25-12-9-16(10-13-25)24-19(22-4-2)23-11-8-15-6-5-7-17(20)18(15)21;/h5-7,16H,3-4,8-14H2,1-2H3,(H2,22,23,24);1H. The van der Waals surface area contributed by atoms with E-state index in [4.69, 9.17) is 0 Å². The summed E-state index contributed by atoms with van der Waals surface area (Å²) < 4.78 is 52.9. The molecule has 10 heteroatoms. The quantitative estimate of drug-likeness (QED) is 0.300. The molecule has 0 atom stereocenters. The molecule has 0 aliphatic carbocycles. The van der Waals surface area contributed by atoms with Gasteiger partial charge in [0.05, 0.1) is 5.75 Å². The van der Waals surface area contributed by atoms with Gasteiger partial charge in [-0.25, -0.2) is 21.5 Å². The Kier molecular flexibility index (Phi) is 11.3. The molecule has 1 aromatic carbocycles. The van der Waals surface area contributed by atoms with Crippen molar-refractivity contribution in [1.82, 2.24) is 14.9 Å². The lowest BCUT2D eigenvalue weighted by Crippen LogP contribution is -2.50. The molecular weight excluding hydrogens is 513 g/mol. The Morgan fingerprint density at radius 1 is 1.24 bits per heavy atom. The third-order valence-electron chi connectivity index (χ3n) is 4.68. The van der Waals surface area contributed by atoms with E-state index in [2.05, 4.69) is 15.6 Å². The van der Waals surface area contributed by atoms with E-state index < -0.39 is 21.7 Å². The summed E-state index contributed by atoms with van der Waals surface area (Å²) in [5, 5.41) is 6.47. The fraction of sp³-hybridized carbons (Fsp3) is 0.632. The van der Waals surface area contributed by atoms with Gasteiger partial charge in [-0.15, -0.1) is 24.0 Å². The van der Waals surface area contributed by atoms with Crippen LogP contribution in [0.5, 0.6) is 0 Å². The van der Waals surface area contributed by atoms with Crippen LogP contribution < -0.4 is 10.6 Å². The van der Waals surface area contributed by atoms with E-state index in [0.29, 0.717) is 63.4 Å². The molecule has 1 aliphatic rings. The Morgan fingerprint density at radius 3 is 2.55 bits per heavy atom. The molecular formula is C19H31F2IN4O2S. The number of hydrogen-bond donors (Lipinski definition) is 2. The van der Waals surface area contributed by atoms with Gasteiger partial charge in [-0.05, 0) is 44.2 Å². The normalized spacial score (nSPS) is 16.3. The third kappa shape index (κ3) is 7.97. The van der Waals surface area contributed by atoms with Crippen molar-refractivity contribution < 1.29 is 17.2 Å². The number of aliphatic imine (C=N–C) groups is 1. The molecule has 0 saturated carbocycles. The summed E-state index contributed by atoms with van der Waals surface area (Å²) in [4.78, 5) is 4.44. The van der Waals surface area contributed by atoms with Gasteiger partial charge in [-0.3, -0.25) is 4.99 Å². The van der Waals surface area contributed by atoms with Crippen LogP contribution in [-0.2, 0) is 16.4 Å². The molecule has 0 amide bonds. The highest BCUT2D eigenvalue weighted by Crippen LogP contribution is 2.15. The number of piperidine rings is 1. The summed E-state index contributed by atoms with van der Waals surface area (Å²) in [6.45, 7) is 5.79. The highest BCUT2D eigenvalue weighted by atomic mass is 127. The zero-order valence-corrected chi connectivity index (χ0v) is 20.1. The molecule has 0 aromatic heterocycles. The SMILES string of the molecule is CCCS(=O)(=O)N1CCC(NC(=NCCc2cccc(F)c2F)NCC)CC1.I. The Bertz CT molecular complexity index is 769. The van der Waals surface area contributed by atoms with Crippen molar-refractivity contribution in [1.29, 1.82) is 0 Å². The van der Waals surface area contributed by atoms with Gasteiger partial charge < -0.3 is 10.6 Å². The molecule has 0 spiro atoms. The number of rotatable bonds is 8. The number of hydrogen-bond acceptors (Lipinski definition) is 3. The van der Waals surface area contributed by atoms with Crippen LogP contribution in [-0.4, -0.2) is 56.7 Å². The van der Waals surface area contributed by atoms with Crippen LogP contribution in [0.3, 0.4) is 0 Å². The summed E-state index contributed by atoms with van der Waals surface area (Å²) >= 11 is 0. The van der Waals surface area contributed by atoms with Gasteiger partial charge in [-0.2, -0.15) is 0 Å². The van der Waals surface area contributed by atoms with Gasteiger partial charge in [-0.1, -0.05) is 19.1 Å². The lowest BCUT2D eigenvalue weighted by Gasteiger charge is -2.32. The number of sulfonamides is 1. The molecule has 0 unspecified atom stereocenters. The van der Waals surface area contributed by atoms with Gasteiger partial charge in [0.15, 0.2) is 17.6 Å². The van der Waals surface area contributed by atoms with Crippen LogP contribution in [0.25, 0.3) is 0 Å². The van der Waals surface area contributed by atoms with E-state index in [9.17, 15) is 17.2 Å². The zero-order chi connectivity index (χ0) is 20.6. The summed E-state index contributed by atoms with van der Waals surface area (Å²) in [6, 6.07) is 4.26. The van der Waals surface area contributed by atoms with Crippen LogP contribution in [0, 0.1) is 11.6 Å². The van der Waals surface area contributed by atoms with Crippen molar-refractivity contribution in [2.45, 2.75) is 45.6 Å². The smallest absolute Gasteiger partial charge is 0.214 e. The molecule has 0 radical (unpaired) electrons. The van der Waals surface area contributed by atoms with E-state index in [1.807, 2.05) is 13.8 Å². The Hall–Kier alpha value is -1.01. The molecule has 1 saturated heterocycles. The molecule has 29 heavy (non-hydrogen) atoms. The van der Waals surface area contributed by atoms with E-state index in [0.717, 1.165) is 6.07 Å². The number of benzene rings is 1. The van der Waals surface area contributed by atoms with Crippen LogP contribution in [0.1, 0.15) is 38.7 Å². The van der Waals surface area contributed by atoms with Gasteiger partial charge in [0.1, 0.15) is 0 Å². The maximum absolute atomic E-state index is 13.7. The molecule has 166 valence electrons. The van der Waals surface area contributed by atoms with Crippen LogP contribution in [0.4, 0.5) is 8.78 Å². The van der Waals surface area contributed by atoms with Crippen molar-refractivity contribution in [2.75, 3.05) is 31.9 Å². The second kappa shape index (κ2) is 12.6. The van der Waals surface area contributed by atoms with Gasteiger partial charge in [0, 0.05) is 32.2 Å². The maximum Gasteiger partial charge on any atom is 0.214 e. The average Bonchev–Trinajstić information content (AvgIpc) is 2.66. The van der Waals surface area contributed by atoms with Crippen molar-refractivity contribution in [3.05, 3.63) is 35.4 Å². The molecule has 6 nitrogen and oxygen atoms in total. The topological polar surface area (TPSA) is 73.8 Å². The lowest BCUT2D eigenvalue weighted by molar-refractivity contribution is 0.306. The summed E-state index contributed by atoms with van der Waals surface area (Å²) in [6.07, 6.45) is 2.31. The minimum absolute atomic E-state index is 0. The predicted molar refractivity (Wildman–Crippen MR) is 123 cm³/mol. The zero-order valence-electron chi connectivity index (χ0n) is 17.0. The van der Waals surface area contributed by atoms with Crippen molar-refractivity contribution >= 4 is 40.0 Å².